The lowest BCUT2D eigenvalue weighted by molar-refractivity contribution is 0.415. The fourth-order valence-electron chi connectivity index (χ4n) is 3.22. The summed E-state index contributed by atoms with van der Waals surface area (Å²) in [5.74, 6) is 1.24. The summed E-state index contributed by atoms with van der Waals surface area (Å²) in [6.07, 6.45) is 4.48. The van der Waals surface area contributed by atoms with E-state index in [0.29, 0.717) is 12.6 Å². The van der Waals surface area contributed by atoms with Crippen molar-refractivity contribution >= 4 is 0 Å². The first-order chi connectivity index (χ1) is 9.70. The van der Waals surface area contributed by atoms with E-state index < -0.39 is 0 Å². The number of aromatic nitrogens is 2. The number of aryl methyl sites for hydroxylation is 2. The van der Waals surface area contributed by atoms with Crippen LogP contribution in [0.4, 0.5) is 0 Å². The molecule has 0 radical (unpaired) electrons. The monoisotopic (exact) mass is 269 g/mol. The van der Waals surface area contributed by atoms with Gasteiger partial charge in [0.05, 0.1) is 5.69 Å². The third-order valence-corrected chi connectivity index (χ3v) is 4.25. The maximum atomic E-state index is 5.83. The van der Waals surface area contributed by atoms with Gasteiger partial charge in [-0.3, -0.25) is 0 Å². The van der Waals surface area contributed by atoms with Gasteiger partial charge < -0.3 is 10.3 Å². The summed E-state index contributed by atoms with van der Waals surface area (Å²) in [6.45, 7) is 5.09. The molecule has 2 heterocycles. The summed E-state index contributed by atoms with van der Waals surface area (Å²) >= 11 is 0. The first-order valence-electron chi connectivity index (χ1n) is 7.57. The molecular weight excluding hydrogens is 246 g/mol. The Morgan fingerprint density at radius 2 is 2.05 bits per heavy atom. The van der Waals surface area contributed by atoms with Gasteiger partial charge in [0.1, 0.15) is 5.82 Å². The Hall–Kier alpha value is -1.61. The molecule has 0 aliphatic carbocycles. The van der Waals surface area contributed by atoms with Crippen LogP contribution in [0.5, 0.6) is 0 Å². The molecule has 1 aliphatic rings. The molecule has 20 heavy (non-hydrogen) atoms. The van der Waals surface area contributed by atoms with Crippen molar-refractivity contribution in [1.29, 1.82) is 0 Å². The van der Waals surface area contributed by atoms with Gasteiger partial charge in [0.25, 0.3) is 0 Å². The maximum absolute atomic E-state index is 5.83. The van der Waals surface area contributed by atoms with Crippen molar-refractivity contribution in [2.75, 3.05) is 6.54 Å². The first-order valence-corrected chi connectivity index (χ1v) is 7.57. The highest BCUT2D eigenvalue weighted by Crippen LogP contribution is 2.32. The molecule has 1 aromatic heterocycles. The predicted molar refractivity (Wildman–Crippen MR) is 82.8 cm³/mol. The van der Waals surface area contributed by atoms with Gasteiger partial charge >= 0.3 is 0 Å². The van der Waals surface area contributed by atoms with Gasteiger partial charge in [0.15, 0.2) is 0 Å². The van der Waals surface area contributed by atoms with Crippen LogP contribution in [0.2, 0.25) is 0 Å². The standard InChI is InChI=1S/C17H23N3/c1-12-6-8-14(9-7-12)17-15(10-11-18)20-13(2)4-3-5-16(20)19-17/h6-9,13H,3-5,10-11,18H2,1-2H3. The van der Waals surface area contributed by atoms with E-state index in [0.717, 1.165) is 18.5 Å². The second-order valence-electron chi connectivity index (χ2n) is 5.84. The molecule has 1 atom stereocenters. The van der Waals surface area contributed by atoms with E-state index in [1.807, 2.05) is 0 Å². The normalized spacial score (nSPS) is 18.1. The van der Waals surface area contributed by atoms with Crippen molar-refractivity contribution < 1.29 is 0 Å². The molecule has 2 N–H and O–H groups in total. The lowest BCUT2D eigenvalue weighted by Crippen LogP contribution is -2.19. The van der Waals surface area contributed by atoms with E-state index >= 15 is 0 Å². The molecule has 0 saturated heterocycles. The Kier molecular flexibility index (Phi) is 3.62. The zero-order valence-corrected chi connectivity index (χ0v) is 12.4. The summed E-state index contributed by atoms with van der Waals surface area (Å²) in [7, 11) is 0. The number of nitrogens with zero attached hydrogens (tertiary/aromatic N) is 2. The Balaban J connectivity index is 2.12. The van der Waals surface area contributed by atoms with Crippen molar-refractivity contribution in [2.24, 2.45) is 5.73 Å². The minimum Gasteiger partial charge on any atom is -0.330 e. The molecule has 0 spiro atoms. The van der Waals surface area contributed by atoms with E-state index in [2.05, 4.69) is 42.7 Å². The highest BCUT2D eigenvalue weighted by atomic mass is 15.1. The van der Waals surface area contributed by atoms with Crippen molar-refractivity contribution in [3.63, 3.8) is 0 Å². The van der Waals surface area contributed by atoms with Gasteiger partial charge in [0.2, 0.25) is 0 Å². The molecule has 106 valence electrons. The molecule has 3 rings (SSSR count). The number of fused-ring (bicyclic) bond motifs is 1. The predicted octanol–water partition coefficient (Wildman–Crippen LogP) is 3.26. The SMILES string of the molecule is Cc1ccc(-c2nc3n(c2CCN)C(C)CCC3)cc1. The number of imidazole rings is 1. The molecule has 0 fully saturated rings. The average molecular weight is 269 g/mol. The molecule has 3 nitrogen and oxygen atoms in total. The largest absolute Gasteiger partial charge is 0.330 e. The van der Waals surface area contributed by atoms with E-state index in [-0.39, 0.29) is 0 Å². The summed E-state index contributed by atoms with van der Waals surface area (Å²) in [6, 6.07) is 9.21. The van der Waals surface area contributed by atoms with Gasteiger partial charge in [-0.2, -0.15) is 0 Å². The van der Waals surface area contributed by atoms with Gasteiger partial charge in [-0.1, -0.05) is 29.8 Å². The van der Waals surface area contributed by atoms with Crippen molar-refractivity contribution in [3.8, 4) is 11.3 Å². The van der Waals surface area contributed by atoms with E-state index in [4.69, 9.17) is 10.7 Å². The van der Waals surface area contributed by atoms with Gasteiger partial charge in [-0.05, 0) is 33.2 Å². The van der Waals surface area contributed by atoms with Crippen LogP contribution in [-0.2, 0) is 12.8 Å². The summed E-state index contributed by atoms with van der Waals surface area (Å²) < 4.78 is 2.44. The molecule has 0 bridgehead atoms. The van der Waals surface area contributed by atoms with Crippen LogP contribution < -0.4 is 5.73 Å². The van der Waals surface area contributed by atoms with Crippen LogP contribution in [0.25, 0.3) is 11.3 Å². The second kappa shape index (κ2) is 5.41. The van der Waals surface area contributed by atoms with Gasteiger partial charge in [-0.15, -0.1) is 0 Å². The smallest absolute Gasteiger partial charge is 0.109 e. The zero-order chi connectivity index (χ0) is 14.1. The summed E-state index contributed by atoms with van der Waals surface area (Å²) in [5.41, 5.74) is 10.8. The van der Waals surface area contributed by atoms with E-state index in [1.54, 1.807) is 0 Å². The van der Waals surface area contributed by atoms with Crippen LogP contribution >= 0.6 is 0 Å². The second-order valence-corrected chi connectivity index (χ2v) is 5.84. The fourth-order valence-corrected chi connectivity index (χ4v) is 3.22. The fraction of sp³-hybridized carbons (Fsp3) is 0.471. The topological polar surface area (TPSA) is 43.8 Å². The molecule has 1 aromatic carbocycles. The van der Waals surface area contributed by atoms with Crippen LogP contribution in [0.1, 0.15) is 42.9 Å². The molecule has 0 amide bonds. The average Bonchev–Trinajstić information content (AvgIpc) is 2.80. The van der Waals surface area contributed by atoms with Crippen molar-refractivity contribution in [1.82, 2.24) is 9.55 Å². The van der Waals surface area contributed by atoms with Crippen LogP contribution in [-0.4, -0.2) is 16.1 Å². The molecule has 2 aromatic rings. The van der Waals surface area contributed by atoms with Crippen LogP contribution in [0.15, 0.2) is 24.3 Å². The maximum Gasteiger partial charge on any atom is 0.109 e. The number of hydrogen-bond acceptors (Lipinski definition) is 2. The number of nitrogens with two attached hydrogens (primary N) is 1. The minimum absolute atomic E-state index is 0.548. The quantitative estimate of drug-likeness (QED) is 0.929. The first kappa shape index (κ1) is 13.4. The number of benzene rings is 1. The number of hydrogen-bond donors (Lipinski definition) is 1. The summed E-state index contributed by atoms with van der Waals surface area (Å²) in [4.78, 5) is 4.93. The molecular formula is C17H23N3. The Labute approximate surface area is 120 Å². The summed E-state index contributed by atoms with van der Waals surface area (Å²) in [5, 5.41) is 0. The van der Waals surface area contributed by atoms with Crippen LogP contribution in [0, 0.1) is 6.92 Å². The van der Waals surface area contributed by atoms with Crippen LogP contribution in [0.3, 0.4) is 0 Å². The van der Waals surface area contributed by atoms with Gasteiger partial charge in [0, 0.05) is 30.1 Å². The zero-order valence-electron chi connectivity index (χ0n) is 12.4. The number of rotatable bonds is 3. The van der Waals surface area contributed by atoms with Crippen molar-refractivity contribution in [3.05, 3.63) is 41.3 Å². The van der Waals surface area contributed by atoms with Crippen molar-refractivity contribution in [2.45, 2.75) is 45.6 Å². The third-order valence-electron chi connectivity index (χ3n) is 4.25. The Morgan fingerprint density at radius 3 is 2.75 bits per heavy atom. The molecule has 3 heteroatoms. The van der Waals surface area contributed by atoms with E-state index in [1.165, 1.54) is 35.5 Å². The van der Waals surface area contributed by atoms with E-state index in [9.17, 15) is 0 Å². The Bertz CT molecular complexity index is 595. The Morgan fingerprint density at radius 1 is 1.30 bits per heavy atom. The highest BCUT2D eigenvalue weighted by Gasteiger charge is 2.24. The molecule has 1 unspecified atom stereocenters. The molecule has 1 aliphatic heterocycles. The minimum atomic E-state index is 0.548. The lowest BCUT2D eigenvalue weighted by atomic mass is 10.0. The highest BCUT2D eigenvalue weighted by molar-refractivity contribution is 5.63. The third kappa shape index (κ3) is 2.27. The lowest BCUT2D eigenvalue weighted by Gasteiger charge is -2.24. The molecule has 0 saturated carbocycles. The van der Waals surface area contributed by atoms with Gasteiger partial charge in [-0.25, -0.2) is 4.98 Å².